The van der Waals surface area contributed by atoms with Crippen molar-refractivity contribution >= 4 is 17.3 Å². The Hall–Kier alpha value is -1.92. The molecule has 6 heteroatoms. The fourth-order valence-electron chi connectivity index (χ4n) is 3.17. The van der Waals surface area contributed by atoms with E-state index in [1.807, 2.05) is 14.0 Å². The van der Waals surface area contributed by atoms with Crippen molar-refractivity contribution in [1.82, 2.24) is 20.1 Å². The van der Waals surface area contributed by atoms with Gasteiger partial charge in [-0.05, 0) is 25.6 Å². The molecule has 0 bridgehead atoms. The highest BCUT2D eigenvalue weighted by atomic mass is 32.1. The molecular weight excluding hydrogens is 342 g/mol. The van der Waals surface area contributed by atoms with E-state index in [0.29, 0.717) is 6.04 Å². The van der Waals surface area contributed by atoms with E-state index in [4.69, 9.17) is 0 Å². The number of thiazole rings is 1. The molecule has 1 atom stereocenters. The van der Waals surface area contributed by atoms with Gasteiger partial charge in [0.25, 0.3) is 0 Å². The molecule has 2 rings (SSSR count). The average molecular weight is 374 g/mol. The Balaban J connectivity index is 2.05. The van der Waals surface area contributed by atoms with Crippen molar-refractivity contribution in [2.75, 3.05) is 33.7 Å². The Kier molecular flexibility index (Phi) is 8.06. The Morgan fingerprint density at radius 1 is 1.23 bits per heavy atom. The van der Waals surface area contributed by atoms with Crippen LogP contribution in [0, 0.1) is 6.92 Å². The normalized spacial score (nSPS) is 13.1. The van der Waals surface area contributed by atoms with Crippen LogP contribution in [0.1, 0.15) is 36.2 Å². The van der Waals surface area contributed by atoms with Crippen molar-refractivity contribution in [3.63, 3.8) is 0 Å². The number of aromatic nitrogens is 1. The third-order valence-electron chi connectivity index (χ3n) is 4.53. The third-order valence-corrected chi connectivity index (χ3v) is 5.35. The number of guanidine groups is 1. The van der Waals surface area contributed by atoms with Crippen molar-refractivity contribution in [1.29, 1.82) is 0 Å². The molecule has 0 radical (unpaired) electrons. The van der Waals surface area contributed by atoms with E-state index in [1.165, 1.54) is 5.56 Å². The second-order valence-electron chi connectivity index (χ2n) is 6.29. The molecule has 0 spiro atoms. The molecular formula is C20H31N5S. The zero-order valence-electron chi connectivity index (χ0n) is 16.6. The number of aliphatic imine (C=N–C) groups is 1. The number of nitrogens with one attached hydrogen (secondary N) is 1. The number of aryl methyl sites for hydroxylation is 1. The fraction of sp³-hybridized carbons (Fsp3) is 0.500. The SMILES string of the molecule is CCN(CC)C(CNC(=NC)N(C)Cc1csc(C)n1)c1ccccc1. The molecule has 0 aliphatic carbocycles. The second kappa shape index (κ2) is 10.3. The first-order valence-electron chi connectivity index (χ1n) is 9.20. The van der Waals surface area contributed by atoms with Gasteiger partial charge in [-0.1, -0.05) is 44.2 Å². The molecule has 0 fully saturated rings. The highest BCUT2D eigenvalue weighted by Crippen LogP contribution is 2.19. The minimum absolute atomic E-state index is 0.317. The van der Waals surface area contributed by atoms with Crippen molar-refractivity contribution in [2.24, 2.45) is 4.99 Å². The summed E-state index contributed by atoms with van der Waals surface area (Å²) in [5, 5.41) is 6.77. The molecule has 0 amide bonds. The summed E-state index contributed by atoms with van der Waals surface area (Å²) < 4.78 is 0. The largest absolute Gasteiger partial charge is 0.354 e. The lowest BCUT2D eigenvalue weighted by molar-refractivity contribution is 0.217. The van der Waals surface area contributed by atoms with Crippen LogP contribution in [0.5, 0.6) is 0 Å². The van der Waals surface area contributed by atoms with Gasteiger partial charge in [0.05, 0.1) is 23.3 Å². The third kappa shape index (κ3) is 5.54. The molecule has 0 saturated heterocycles. The number of rotatable bonds is 8. The zero-order chi connectivity index (χ0) is 18.9. The summed E-state index contributed by atoms with van der Waals surface area (Å²) in [7, 11) is 3.89. The maximum absolute atomic E-state index is 4.55. The van der Waals surface area contributed by atoms with Crippen LogP contribution in [-0.2, 0) is 6.54 Å². The van der Waals surface area contributed by atoms with E-state index >= 15 is 0 Å². The summed E-state index contributed by atoms with van der Waals surface area (Å²) in [6, 6.07) is 11.0. The van der Waals surface area contributed by atoms with Gasteiger partial charge in [0.2, 0.25) is 0 Å². The Labute approximate surface area is 161 Å². The van der Waals surface area contributed by atoms with Gasteiger partial charge in [0.15, 0.2) is 5.96 Å². The number of hydrogen-bond donors (Lipinski definition) is 1. The van der Waals surface area contributed by atoms with Crippen LogP contribution in [0.4, 0.5) is 0 Å². The first kappa shape index (κ1) is 20.4. The van der Waals surface area contributed by atoms with Crippen molar-refractivity contribution in [2.45, 2.75) is 33.4 Å². The molecule has 26 heavy (non-hydrogen) atoms. The van der Waals surface area contributed by atoms with Gasteiger partial charge in [-0.25, -0.2) is 4.98 Å². The first-order chi connectivity index (χ1) is 12.6. The second-order valence-corrected chi connectivity index (χ2v) is 7.35. The monoisotopic (exact) mass is 373 g/mol. The van der Waals surface area contributed by atoms with Crippen LogP contribution >= 0.6 is 11.3 Å². The van der Waals surface area contributed by atoms with Crippen LogP contribution in [0.25, 0.3) is 0 Å². The molecule has 0 aliphatic heterocycles. The average Bonchev–Trinajstić information content (AvgIpc) is 3.06. The van der Waals surface area contributed by atoms with E-state index in [1.54, 1.807) is 11.3 Å². The van der Waals surface area contributed by atoms with Crippen molar-refractivity contribution in [3.8, 4) is 0 Å². The molecule has 0 aliphatic rings. The van der Waals surface area contributed by atoms with Gasteiger partial charge in [-0.2, -0.15) is 0 Å². The van der Waals surface area contributed by atoms with E-state index in [-0.39, 0.29) is 0 Å². The molecule has 0 saturated carbocycles. The van der Waals surface area contributed by atoms with Crippen LogP contribution in [0.3, 0.4) is 0 Å². The quantitative estimate of drug-likeness (QED) is 0.568. The van der Waals surface area contributed by atoms with Crippen molar-refractivity contribution in [3.05, 3.63) is 52.0 Å². The first-order valence-corrected chi connectivity index (χ1v) is 10.1. The Bertz CT molecular complexity index is 679. The molecule has 1 heterocycles. The van der Waals surface area contributed by atoms with Gasteiger partial charge < -0.3 is 10.2 Å². The number of nitrogens with zero attached hydrogens (tertiary/aromatic N) is 4. The Morgan fingerprint density at radius 3 is 2.46 bits per heavy atom. The summed E-state index contributed by atoms with van der Waals surface area (Å²) in [5.41, 5.74) is 2.42. The summed E-state index contributed by atoms with van der Waals surface area (Å²) in [5.74, 6) is 0.892. The van der Waals surface area contributed by atoms with Crippen LogP contribution < -0.4 is 5.32 Å². The van der Waals surface area contributed by atoms with E-state index in [0.717, 1.165) is 42.8 Å². The molecule has 142 valence electrons. The van der Waals surface area contributed by atoms with Gasteiger partial charge in [-0.15, -0.1) is 11.3 Å². The number of likely N-dealkylation sites (N-methyl/N-ethyl adjacent to an activating group) is 1. The Morgan fingerprint density at radius 2 is 1.92 bits per heavy atom. The summed E-state index contributed by atoms with van der Waals surface area (Å²) in [4.78, 5) is 13.6. The predicted octanol–water partition coefficient (Wildman–Crippen LogP) is 3.54. The predicted molar refractivity (Wildman–Crippen MR) is 112 cm³/mol. The molecule has 1 N–H and O–H groups in total. The standard InChI is InChI=1S/C20H31N5S/c1-6-25(7-2)19(17-11-9-8-10-12-17)13-22-20(21-4)24(5)14-18-15-26-16(3)23-18/h8-12,15,19H,6-7,13-14H2,1-5H3,(H,21,22). The minimum atomic E-state index is 0.317. The fourth-order valence-corrected chi connectivity index (χ4v) is 3.77. The molecule has 2 aromatic rings. The topological polar surface area (TPSA) is 43.8 Å². The molecule has 1 aromatic heterocycles. The lowest BCUT2D eigenvalue weighted by Crippen LogP contribution is -2.43. The number of hydrogen-bond acceptors (Lipinski definition) is 4. The zero-order valence-corrected chi connectivity index (χ0v) is 17.4. The molecule has 1 unspecified atom stereocenters. The van der Waals surface area contributed by atoms with Gasteiger partial charge >= 0.3 is 0 Å². The van der Waals surface area contributed by atoms with Crippen LogP contribution in [0.15, 0.2) is 40.7 Å². The lowest BCUT2D eigenvalue weighted by Gasteiger charge is -2.32. The van der Waals surface area contributed by atoms with Crippen LogP contribution in [-0.4, -0.2) is 54.5 Å². The highest BCUT2D eigenvalue weighted by molar-refractivity contribution is 7.09. The summed E-state index contributed by atoms with van der Waals surface area (Å²) in [6.07, 6.45) is 0. The molecule has 1 aromatic carbocycles. The summed E-state index contributed by atoms with van der Waals surface area (Å²) >= 11 is 1.69. The maximum Gasteiger partial charge on any atom is 0.193 e. The van der Waals surface area contributed by atoms with Crippen molar-refractivity contribution < 1.29 is 0 Å². The van der Waals surface area contributed by atoms with Gasteiger partial charge in [0.1, 0.15) is 0 Å². The van der Waals surface area contributed by atoms with E-state index in [2.05, 4.69) is 81.7 Å². The number of benzene rings is 1. The highest BCUT2D eigenvalue weighted by Gasteiger charge is 2.19. The smallest absolute Gasteiger partial charge is 0.193 e. The van der Waals surface area contributed by atoms with E-state index < -0.39 is 0 Å². The van der Waals surface area contributed by atoms with Gasteiger partial charge in [0, 0.05) is 26.0 Å². The van der Waals surface area contributed by atoms with Crippen LogP contribution in [0.2, 0.25) is 0 Å². The molecule has 5 nitrogen and oxygen atoms in total. The van der Waals surface area contributed by atoms with Gasteiger partial charge in [-0.3, -0.25) is 9.89 Å². The maximum atomic E-state index is 4.55. The lowest BCUT2D eigenvalue weighted by atomic mass is 10.1. The summed E-state index contributed by atoms with van der Waals surface area (Å²) in [6.45, 7) is 10.1. The minimum Gasteiger partial charge on any atom is -0.354 e. The van der Waals surface area contributed by atoms with E-state index in [9.17, 15) is 0 Å².